The Kier molecular flexibility index (Phi) is 8.86. The molecule has 1 aromatic carbocycles. The molecule has 0 aliphatic carbocycles. The van der Waals surface area contributed by atoms with Gasteiger partial charge >= 0.3 is 0 Å². The average molecular weight is 373 g/mol. The van der Waals surface area contributed by atoms with E-state index in [1.165, 1.54) is 0 Å². The van der Waals surface area contributed by atoms with E-state index in [2.05, 4.69) is 17.6 Å². The lowest BCUT2D eigenvalue weighted by molar-refractivity contribution is -0.122. The van der Waals surface area contributed by atoms with Gasteiger partial charge in [0.1, 0.15) is 0 Å². The minimum atomic E-state index is 0. The maximum Gasteiger partial charge on any atom is 0.220 e. The number of hydrogen-bond acceptors (Lipinski definition) is 5. The summed E-state index contributed by atoms with van der Waals surface area (Å²) in [5.74, 6) is 1.86. The second-order valence-electron chi connectivity index (χ2n) is 6.09. The molecule has 2 N–H and O–H groups in total. The molecule has 0 bridgehead atoms. The van der Waals surface area contributed by atoms with Gasteiger partial charge in [0.2, 0.25) is 11.7 Å². The molecule has 1 heterocycles. The fourth-order valence-electron chi connectivity index (χ4n) is 3.06. The van der Waals surface area contributed by atoms with E-state index >= 15 is 0 Å². The number of aryl methyl sites for hydroxylation is 1. The second kappa shape index (κ2) is 10.4. The molecule has 0 spiro atoms. The zero-order valence-electron chi connectivity index (χ0n) is 15.4. The molecule has 2 unspecified atom stereocenters. The summed E-state index contributed by atoms with van der Waals surface area (Å²) in [5, 5.41) is 6.52. The number of nitrogens with one attached hydrogen (secondary N) is 2. The maximum absolute atomic E-state index is 12.2. The summed E-state index contributed by atoms with van der Waals surface area (Å²) in [7, 11) is 4.75. The lowest BCUT2D eigenvalue weighted by Gasteiger charge is -2.30. The average Bonchev–Trinajstić information content (AvgIpc) is 2.60. The first-order valence-electron chi connectivity index (χ1n) is 8.40. The van der Waals surface area contributed by atoms with E-state index in [-0.39, 0.29) is 24.4 Å². The van der Waals surface area contributed by atoms with Crippen molar-refractivity contribution in [3.63, 3.8) is 0 Å². The molecule has 25 heavy (non-hydrogen) atoms. The van der Waals surface area contributed by atoms with Crippen molar-refractivity contribution in [3.8, 4) is 17.2 Å². The summed E-state index contributed by atoms with van der Waals surface area (Å²) >= 11 is 0. The Balaban J connectivity index is 0.00000312. The van der Waals surface area contributed by atoms with Gasteiger partial charge in [-0.3, -0.25) is 4.79 Å². The van der Waals surface area contributed by atoms with Gasteiger partial charge in [0.15, 0.2) is 11.5 Å². The predicted molar refractivity (Wildman–Crippen MR) is 100 cm³/mol. The zero-order valence-corrected chi connectivity index (χ0v) is 16.2. The summed E-state index contributed by atoms with van der Waals surface area (Å²) in [6.07, 6.45) is 3.19. The predicted octanol–water partition coefficient (Wildman–Crippen LogP) is 2.32. The van der Waals surface area contributed by atoms with Crippen LogP contribution in [0.5, 0.6) is 17.2 Å². The first kappa shape index (κ1) is 21.4. The van der Waals surface area contributed by atoms with Crippen LogP contribution in [-0.2, 0) is 11.2 Å². The van der Waals surface area contributed by atoms with Gasteiger partial charge in [-0.05, 0) is 50.4 Å². The minimum absolute atomic E-state index is 0. The number of ether oxygens (including phenoxy) is 3. The fourth-order valence-corrected chi connectivity index (χ4v) is 3.06. The number of carbonyl (C=O) groups is 1. The Bertz CT molecular complexity index is 543. The van der Waals surface area contributed by atoms with Crippen LogP contribution >= 0.6 is 12.4 Å². The third-order valence-electron chi connectivity index (χ3n) is 4.47. The smallest absolute Gasteiger partial charge is 0.220 e. The van der Waals surface area contributed by atoms with Crippen LogP contribution in [0.3, 0.4) is 0 Å². The number of amides is 1. The van der Waals surface area contributed by atoms with Crippen molar-refractivity contribution in [1.82, 2.24) is 10.6 Å². The molecular weight excluding hydrogens is 344 g/mol. The Morgan fingerprint density at radius 3 is 2.36 bits per heavy atom. The van der Waals surface area contributed by atoms with Crippen LogP contribution in [0.1, 0.15) is 31.7 Å². The van der Waals surface area contributed by atoms with Gasteiger partial charge < -0.3 is 24.8 Å². The van der Waals surface area contributed by atoms with Gasteiger partial charge in [0.05, 0.1) is 21.3 Å². The lowest BCUT2D eigenvalue weighted by atomic mass is 9.99. The molecule has 1 aliphatic heterocycles. The van der Waals surface area contributed by atoms with E-state index in [0.29, 0.717) is 36.1 Å². The number of piperidine rings is 1. The summed E-state index contributed by atoms with van der Waals surface area (Å²) in [4.78, 5) is 12.2. The van der Waals surface area contributed by atoms with Crippen molar-refractivity contribution in [2.45, 2.75) is 44.7 Å². The van der Waals surface area contributed by atoms with Crippen molar-refractivity contribution in [3.05, 3.63) is 17.7 Å². The van der Waals surface area contributed by atoms with Crippen molar-refractivity contribution < 1.29 is 19.0 Å². The number of methoxy groups -OCH3 is 3. The molecule has 1 aromatic rings. The molecule has 1 amide bonds. The SMILES string of the molecule is COc1cc(CCC(=O)NC2CCCNC2C)cc(OC)c1OC.Cl. The van der Waals surface area contributed by atoms with Crippen molar-refractivity contribution in [2.75, 3.05) is 27.9 Å². The third-order valence-corrected chi connectivity index (χ3v) is 4.47. The summed E-state index contributed by atoms with van der Waals surface area (Å²) < 4.78 is 16.0. The highest BCUT2D eigenvalue weighted by atomic mass is 35.5. The number of halogens is 1. The highest BCUT2D eigenvalue weighted by Crippen LogP contribution is 2.38. The highest BCUT2D eigenvalue weighted by molar-refractivity contribution is 5.85. The monoisotopic (exact) mass is 372 g/mol. The Morgan fingerprint density at radius 1 is 1.20 bits per heavy atom. The van der Waals surface area contributed by atoms with E-state index in [4.69, 9.17) is 14.2 Å². The number of rotatable bonds is 7. The topological polar surface area (TPSA) is 68.8 Å². The van der Waals surface area contributed by atoms with Crippen LogP contribution in [-0.4, -0.2) is 45.9 Å². The molecule has 142 valence electrons. The van der Waals surface area contributed by atoms with Crippen LogP contribution < -0.4 is 24.8 Å². The molecule has 0 radical (unpaired) electrons. The normalized spacial score (nSPS) is 19.5. The maximum atomic E-state index is 12.2. The molecule has 0 saturated carbocycles. The quantitative estimate of drug-likeness (QED) is 0.768. The molecular formula is C18H29ClN2O4. The molecule has 1 aliphatic rings. The van der Waals surface area contributed by atoms with Gasteiger partial charge in [-0.25, -0.2) is 0 Å². The van der Waals surface area contributed by atoms with Crippen molar-refractivity contribution in [2.24, 2.45) is 0 Å². The Labute approximate surface area is 156 Å². The molecule has 6 nitrogen and oxygen atoms in total. The first-order valence-corrected chi connectivity index (χ1v) is 8.40. The Morgan fingerprint density at radius 2 is 1.84 bits per heavy atom. The second-order valence-corrected chi connectivity index (χ2v) is 6.09. The number of benzene rings is 1. The van der Waals surface area contributed by atoms with E-state index in [0.717, 1.165) is 24.9 Å². The van der Waals surface area contributed by atoms with Gasteiger partial charge in [0, 0.05) is 18.5 Å². The molecule has 1 fully saturated rings. The summed E-state index contributed by atoms with van der Waals surface area (Å²) in [6.45, 7) is 3.14. The minimum Gasteiger partial charge on any atom is -0.493 e. The molecule has 7 heteroatoms. The third kappa shape index (κ3) is 5.68. The number of hydrogen-bond donors (Lipinski definition) is 2. The fraction of sp³-hybridized carbons (Fsp3) is 0.611. The Hall–Kier alpha value is -1.66. The van der Waals surface area contributed by atoms with Crippen LogP contribution in [0.2, 0.25) is 0 Å². The van der Waals surface area contributed by atoms with Crippen LogP contribution in [0.15, 0.2) is 12.1 Å². The summed E-state index contributed by atoms with van der Waals surface area (Å²) in [5.41, 5.74) is 0.981. The zero-order chi connectivity index (χ0) is 17.5. The van der Waals surface area contributed by atoms with Gasteiger partial charge in [-0.15, -0.1) is 12.4 Å². The van der Waals surface area contributed by atoms with Gasteiger partial charge in [0.25, 0.3) is 0 Å². The standard InChI is InChI=1S/C18H28N2O4.ClH/c1-12-14(6-5-9-19-12)20-17(21)8-7-13-10-15(22-2)18(24-4)16(11-13)23-3;/h10-12,14,19H,5-9H2,1-4H3,(H,20,21);1H. The van der Waals surface area contributed by atoms with Crippen LogP contribution in [0.4, 0.5) is 0 Å². The van der Waals surface area contributed by atoms with Gasteiger partial charge in [-0.1, -0.05) is 0 Å². The van der Waals surface area contributed by atoms with E-state index in [1.807, 2.05) is 12.1 Å². The lowest BCUT2D eigenvalue weighted by Crippen LogP contribution is -2.51. The molecule has 2 rings (SSSR count). The van der Waals surface area contributed by atoms with E-state index in [9.17, 15) is 4.79 Å². The van der Waals surface area contributed by atoms with Crippen LogP contribution in [0.25, 0.3) is 0 Å². The van der Waals surface area contributed by atoms with E-state index in [1.54, 1.807) is 21.3 Å². The molecule has 0 aromatic heterocycles. The van der Waals surface area contributed by atoms with E-state index < -0.39 is 0 Å². The van der Waals surface area contributed by atoms with Crippen LogP contribution in [0, 0.1) is 0 Å². The largest absolute Gasteiger partial charge is 0.493 e. The first-order chi connectivity index (χ1) is 11.6. The molecule has 1 saturated heterocycles. The molecule has 2 atom stereocenters. The van der Waals surface area contributed by atoms with Crippen molar-refractivity contribution in [1.29, 1.82) is 0 Å². The highest BCUT2D eigenvalue weighted by Gasteiger charge is 2.22. The van der Waals surface area contributed by atoms with Crippen molar-refractivity contribution >= 4 is 18.3 Å². The summed E-state index contributed by atoms with van der Waals surface area (Å²) in [6, 6.07) is 4.31. The van der Waals surface area contributed by atoms with Gasteiger partial charge in [-0.2, -0.15) is 0 Å². The number of carbonyl (C=O) groups excluding carboxylic acids is 1.